The number of sulfone groups is 1. The Bertz CT molecular complexity index is 709. The highest BCUT2D eigenvalue weighted by molar-refractivity contribution is 7.91. The highest BCUT2D eigenvalue weighted by atomic mass is 35.5. The minimum absolute atomic E-state index is 0.0192. The Morgan fingerprint density at radius 3 is 2.55 bits per heavy atom. The summed E-state index contributed by atoms with van der Waals surface area (Å²) in [6, 6.07) is -0.238. The maximum Gasteiger partial charge on any atom is 0.276 e. The third-order valence-corrected chi connectivity index (χ3v) is 6.99. The van der Waals surface area contributed by atoms with Crippen molar-refractivity contribution < 1.29 is 13.2 Å². The lowest BCUT2D eigenvalue weighted by molar-refractivity contribution is 0.0557. The van der Waals surface area contributed by atoms with Gasteiger partial charge in [0.15, 0.2) is 15.5 Å². The fraction of sp³-hybridized carbons (Fsp3) is 0.714. The molecule has 22 heavy (non-hydrogen) atoms. The number of rotatable bonds is 2. The molecule has 0 spiro atoms. The predicted octanol–water partition coefficient (Wildman–Crippen LogP) is 1.42. The topological polar surface area (TPSA) is 72.3 Å². The van der Waals surface area contributed by atoms with E-state index in [2.05, 4.69) is 5.10 Å². The summed E-state index contributed by atoms with van der Waals surface area (Å²) in [6.45, 7) is 2.03. The predicted molar refractivity (Wildman–Crippen MR) is 83.8 cm³/mol. The van der Waals surface area contributed by atoms with Gasteiger partial charge in [-0.15, -0.1) is 0 Å². The highest BCUT2D eigenvalue weighted by Crippen LogP contribution is 2.35. The van der Waals surface area contributed by atoms with E-state index in [1.807, 2.05) is 0 Å². The number of amides is 1. The van der Waals surface area contributed by atoms with Crippen molar-refractivity contribution in [2.75, 3.05) is 18.1 Å². The van der Waals surface area contributed by atoms with Crippen molar-refractivity contribution in [3.8, 4) is 0 Å². The average Bonchev–Trinajstić information content (AvgIpc) is 2.63. The van der Waals surface area contributed by atoms with E-state index in [4.69, 9.17) is 11.6 Å². The van der Waals surface area contributed by atoms with E-state index in [0.717, 1.165) is 25.0 Å². The summed E-state index contributed by atoms with van der Waals surface area (Å²) >= 11 is 6.21. The molecule has 0 radical (unpaired) electrons. The van der Waals surface area contributed by atoms with Gasteiger partial charge in [-0.25, -0.2) is 8.42 Å². The summed E-state index contributed by atoms with van der Waals surface area (Å²) in [5.74, 6) is 0.112. The molecule has 0 aromatic carbocycles. The molecule has 1 aliphatic heterocycles. The quantitative estimate of drug-likeness (QED) is 0.812. The standard InChI is InChI=1S/C14H20ClN3O3S/c1-9-12(15)13(16-17(9)2)14(19)18-6-7-22(20,21)8-11(18)10-4-3-5-10/h10-11H,3-8H2,1-2H3/t11-/m1/s1. The van der Waals surface area contributed by atoms with Gasteiger partial charge in [-0.1, -0.05) is 18.0 Å². The van der Waals surface area contributed by atoms with Crippen LogP contribution in [0.2, 0.25) is 5.02 Å². The number of hydrogen-bond donors (Lipinski definition) is 0. The van der Waals surface area contributed by atoms with Gasteiger partial charge in [-0.3, -0.25) is 9.48 Å². The minimum atomic E-state index is -3.07. The molecular formula is C14H20ClN3O3S. The number of halogens is 1. The monoisotopic (exact) mass is 345 g/mol. The van der Waals surface area contributed by atoms with Crippen LogP contribution in [0.1, 0.15) is 35.4 Å². The summed E-state index contributed by atoms with van der Waals surface area (Å²) in [7, 11) is -1.33. The van der Waals surface area contributed by atoms with Crippen LogP contribution in [-0.2, 0) is 16.9 Å². The van der Waals surface area contributed by atoms with Gasteiger partial charge in [0.25, 0.3) is 5.91 Å². The van der Waals surface area contributed by atoms with E-state index in [1.54, 1.807) is 23.6 Å². The first kappa shape index (κ1) is 15.8. The van der Waals surface area contributed by atoms with Crippen LogP contribution in [0.4, 0.5) is 0 Å². The number of hydrogen-bond acceptors (Lipinski definition) is 4. The van der Waals surface area contributed by atoms with Crippen molar-refractivity contribution >= 4 is 27.3 Å². The van der Waals surface area contributed by atoms with E-state index in [1.165, 1.54) is 0 Å². The van der Waals surface area contributed by atoms with Gasteiger partial charge in [0.1, 0.15) is 0 Å². The summed E-state index contributed by atoms with van der Waals surface area (Å²) in [4.78, 5) is 14.5. The van der Waals surface area contributed by atoms with Crippen LogP contribution in [0.5, 0.6) is 0 Å². The second-order valence-corrected chi connectivity index (χ2v) is 8.85. The van der Waals surface area contributed by atoms with Gasteiger partial charge in [0, 0.05) is 19.6 Å². The van der Waals surface area contributed by atoms with E-state index in [9.17, 15) is 13.2 Å². The van der Waals surface area contributed by atoms with Gasteiger partial charge in [0.2, 0.25) is 0 Å². The molecule has 8 heteroatoms. The fourth-order valence-electron chi connectivity index (χ4n) is 3.16. The van der Waals surface area contributed by atoms with Gasteiger partial charge in [0.05, 0.1) is 22.2 Å². The summed E-state index contributed by atoms with van der Waals surface area (Å²) in [5.41, 5.74) is 0.958. The Morgan fingerprint density at radius 2 is 2.05 bits per heavy atom. The zero-order chi connectivity index (χ0) is 16.1. The second kappa shape index (κ2) is 5.53. The normalized spacial score (nSPS) is 25.0. The van der Waals surface area contributed by atoms with E-state index in [0.29, 0.717) is 5.02 Å². The van der Waals surface area contributed by atoms with Crippen molar-refractivity contribution in [1.29, 1.82) is 0 Å². The summed E-state index contributed by atoms with van der Waals surface area (Å²) < 4.78 is 25.5. The van der Waals surface area contributed by atoms with Gasteiger partial charge < -0.3 is 4.90 Å². The third kappa shape index (κ3) is 2.65. The molecule has 2 heterocycles. The molecule has 0 N–H and O–H groups in total. The summed E-state index contributed by atoms with van der Waals surface area (Å²) in [6.07, 6.45) is 3.07. The molecule has 1 atom stereocenters. The van der Waals surface area contributed by atoms with E-state index < -0.39 is 9.84 Å². The molecule has 1 aromatic rings. The first-order valence-electron chi connectivity index (χ1n) is 7.50. The molecule has 1 aliphatic carbocycles. The smallest absolute Gasteiger partial charge is 0.276 e. The van der Waals surface area contributed by atoms with E-state index >= 15 is 0 Å². The average molecular weight is 346 g/mol. The van der Waals surface area contributed by atoms with Crippen LogP contribution < -0.4 is 0 Å². The van der Waals surface area contributed by atoms with Crippen molar-refractivity contribution in [1.82, 2.24) is 14.7 Å². The first-order chi connectivity index (χ1) is 10.3. The summed E-state index contributed by atoms with van der Waals surface area (Å²) in [5, 5.41) is 4.56. The van der Waals surface area contributed by atoms with Crippen LogP contribution in [-0.4, -0.2) is 53.1 Å². The molecule has 1 saturated heterocycles. The van der Waals surface area contributed by atoms with Crippen molar-refractivity contribution in [2.45, 2.75) is 32.2 Å². The molecule has 1 saturated carbocycles. The SMILES string of the molecule is Cc1c(Cl)c(C(=O)N2CCS(=O)(=O)C[C@@H]2C2CCC2)nn1C. The van der Waals surface area contributed by atoms with Crippen LogP contribution in [0, 0.1) is 12.8 Å². The molecule has 1 aromatic heterocycles. The maximum atomic E-state index is 12.8. The van der Waals surface area contributed by atoms with Gasteiger partial charge >= 0.3 is 0 Å². The fourth-order valence-corrected chi connectivity index (χ4v) is 5.01. The molecule has 2 fully saturated rings. The van der Waals surface area contributed by atoms with Crippen molar-refractivity contribution in [3.63, 3.8) is 0 Å². The Labute approximate surface area is 135 Å². The largest absolute Gasteiger partial charge is 0.332 e. The molecular weight excluding hydrogens is 326 g/mol. The Hall–Kier alpha value is -1.08. The molecule has 6 nitrogen and oxygen atoms in total. The van der Waals surface area contributed by atoms with Crippen molar-refractivity contribution in [2.24, 2.45) is 13.0 Å². The molecule has 1 amide bonds. The molecule has 0 bridgehead atoms. The zero-order valence-corrected chi connectivity index (χ0v) is 14.3. The lowest BCUT2D eigenvalue weighted by Crippen LogP contribution is -2.55. The van der Waals surface area contributed by atoms with Crippen LogP contribution in [0.15, 0.2) is 0 Å². The maximum absolute atomic E-state index is 12.8. The highest BCUT2D eigenvalue weighted by Gasteiger charge is 2.42. The number of aromatic nitrogens is 2. The second-order valence-electron chi connectivity index (χ2n) is 6.24. The molecule has 0 unspecified atom stereocenters. The molecule has 2 aliphatic rings. The minimum Gasteiger partial charge on any atom is -0.332 e. The lowest BCUT2D eigenvalue weighted by Gasteiger charge is -2.43. The Balaban J connectivity index is 1.90. The van der Waals surface area contributed by atoms with Gasteiger partial charge in [-0.2, -0.15) is 5.10 Å². The third-order valence-electron chi connectivity index (χ3n) is 4.89. The van der Waals surface area contributed by atoms with Crippen LogP contribution in [0.3, 0.4) is 0 Å². The van der Waals surface area contributed by atoms with Crippen molar-refractivity contribution in [3.05, 3.63) is 16.4 Å². The lowest BCUT2D eigenvalue weighted by atomic mass is 9.79. The van der Waals surface area contributed by atoms with Crippen LogP contribution >= 0.6 is 11.6 Å². The molecule has 122 valence electrons. The number of carbonyl (C=O) groups is 1. The number of nitrogens with zero attached hydrogens (tertiary/aromatic N) is 3. The Morgan fingerprint density at radius 1 is 1.36 bits per heavy atom. The van der Waals surface area contributed by atoms with Crippen LogP contribution in [0.25, 0.3) is 0 Å². The zero-order valence-electron chi connectivity index (χ0n) is 12.7. The van der Waals surface area contributed by atoms with Gasteiger partial charge in [-0.05, 0) is 25.7 Å². The Kier molecular flexibility index (Phi) is 3.97. The van der Waals surface area contributed by atoms with E-state index in [-0.39, 0.29) is 41.6 Å². The number of aryl methyl sites for hydroxylation is 1. The first-order valence-corrected chi connectivity index (χ1v) is 9.70. The number of carbonyl (C=O) groups excluding carboxylic acids is 1. The molecule has 3 rings (SSSR count).